The van der Waals surface area contributed by atoms with Gasteiger partial charge in [0.05, 0.1) is 12.2 Å². The maximum absolute atomic E-state index is 12.1. The number of hydrogen-bond acceptors (Lipinski definition) is 6. The number of ether oxygens (including phenoxy) is 2. The Hall–Kier alpha value is -1.89. The van der Waals surface area contributed by atoms with E-state index in [0.717, 1.165) is 31.2 Å². The minimum atomic E-state index is -0.434. The summed E-state index contributed by atoms with van der Waals surface area (Å²) < 4.78 is 9.89. The third-order valence-corrected chi connectivity index (χ3v) is 4.89. The van der Waals surface area contributed by atoms with Gasteiger partial charge < -0.3 is 14.8 Å². The SMILES string of the molecule is CCOC(=O)CCCNC(=O)COC(=O)c1csc2c1CCCC2. The minimum absolute atomic E-state index is 0.259. The zero-order valence-corrected chi connectivity index (χ0v) is 14.7. The fourth-order valence-electron chi connectivity index (χ4n) is 2.62. The maximum Gasteiger partial charge on any atom is 0.339 e. The van der Waals surface area contributed by atoms with Crippen LogP contribution in [0.5, 0.6) is 0 Å². The molecule has 1 N–H and O–H groups in total. The molecule has 0 atom stereocenters. The zero-order valence-electron chi connectivity index (χ0n) is 13.9. The van der Waals surface area contributed by atoms with Crippen molar-refractivity contribution in [2.24, 2.45) is 0 Å². The van der Waals surface area contributed by atoms with Crippen LogP contribution in [0, 0.1) is 0 Å². The minimum Gasteiger partial charge on any atom is -0.466 e. The molecule has 0 bridgehead atoms. The van der Waals surface area contributed by atoms with Gasteiger partial charge in [0.1, 0.15) is 0 Å². The van der Waals surface area contributed by atoms with Crippen molar-refractivity contribution < 1.29 is 23.9 Å². The summed E-state index contributed by atoms with van der Waals surface area (Å²) >= 11 is 1.59. The summed E-state index contributed by atoms with van der Waals surface area (Å²) in [6.07, 6.45) is 4.93. The van der Waals surface area contributed by atoms with Crippen molar-refractivity contribution in [3.8, 4) is 0 Å². The van der Waals surface area contributed by atoms with Crippen molar-refractivity contribution in [1.82, 2.24) is 5.32 Å². The molecule has 132 valence electrons. The van der Waals surface area contributed by atoms with Crippen LogP contribution >= 0.6 is 11.3 Å². The number of amides is 1. The second kappa shape index (κ2) is 9.42. The van der Waals surface area contributed by atoms with Crippen molar-refractivity contribution in [2.45, 2.75) is 45.4 Å². The fourth-order valence-corrected chi connectivity index (χ4v) is 3.73. The highest BCUT2D eigenvalue weighted by Gasteiger charge is 2.21. The van der Waals surface area contributed by atoms with E-state index in [0.29, 0.717) is 25.1 Å². The first kappa shape index (κ1) is 18.4. The second-order valence-corrected chi connectivity index (χ2v) is 6.56. The van der Waals surface area contributed by atoms with Gasteiger partial charge in [0.15, 0.2) is 6.61 Å². The molecule has 7 heteroatoms. The monoisotopic (exact) mass is 353 g/mol. The Kier molecular flexibility index (Phi) is 7.24. The molecule has 0 radical (unpaired) electrons. The van der Waals surface area contributed by atoms with E-state index < -0.39 is 5.97 Å². The number of hydrogen-bond donors (Lipinski definition) is 1. The van der Waals surface area contributed by atoms with Crippen LogP contribution < -0.4 is 5.32 Å². The summed E-state index contributed by atoms with van der Waals surface area (Å²) in [7, 11) is 0. The number of fused-ring (bicyclic) bond motifs is 1. The topological polar surface area (TPSA) is 81.7 Å². The molecule has 24 heavy (non-hydrogen) atoms. The van der Waals surface area contributed by atoms with Gasteiger partial charge in [-0.05, 0) is 44.6 Å². The van der Waals surface area contributed by atoms with E-state index in [4.69, 9.17) is 9.47 Å². The lowest BCUT2D eigenvalue weighted by molar-refractivity contribution is -0.143. The molecule has 1 aromatic heterocycles. The summed E-state index contributed by atoms with van der Waals surface area (Å²) in [5.41, 5.74) is 1.69. The quantitative estimate of drug-likeness (QED) is 0.572. The molecule has 0 fully saturated rings. The molecule has 0 aliphatic heterocycles. The predicted octanol–water partition coefficient (Wildman–Crippen LogP) is 2.24. The van der Waals surface area contributed by atoms with E-state index in [1.165, 1.54) is 4.88 Å². The molecule has 1 aromatic rings. The lowest BCUT2D eigenvalue weighted by Gasteiger charge is -2.12. The van der Waals surface area contributed by atoms with E-state index in [2.05, 4.69) is 5.32 Å². The van der Waals surface area contributed by atoms with Crippen molar-refractivity contribution >= 4 is 29.2 Å². The van der Waals surface area contributed by atoms with Gasteiger partial charge in [0.25, 0.3) is 5.91 Å². The Bertz CT molecular complexity index is 596. The number of carbonyl (C=O) groups excluding carboxylic acids is 3. The smallest absolute Gasteiger partial charge is 0.339 e. The highest BCUT2D eigenvalue weighted by Crippen LogP contribution is 2.30. The van der Waals surface area contributed by atoms with Gasteiger partial charge in [-0.1, -0.05) is 0 Å². The van der Waals surface area contributed by atoms with Crippen LogP contribution in [0.2, 0.25) is 0 Å². The van der Waals surface area contributed by atoms with Crippen molar-refractivity contribution in [3.05, 3.63) is 21.4 Å². The highest BCUT2D eigenvalue weighted by molar-refractivity contribution is 7.10. The van der Waals surface area contributed by atoms with Gasteiger partial charge in [0, 0.05) is 23.2 Å². The zero-order chi connectivity index (χ0) is 17.4. The number of esters is 2. The van der Waals surface area contributed by atoms with E-state index in [1.54, 1.807) is 18.3 Å². The molecule has 0 aromatic carbocycles. The van der Waals surface area contributed by atoms with Crippen molar-refractivity contribution in [1.29, 1.82) is 0 Å². The van der Waals surface area contributed by atoms with E-state index in [-0.39, 0.29) is 24.9 Å². The Balaban J connectivity index is 1.67. The van der Waals surface area contributed by atoms with Crippen LogP contribution in [0.1, 0.15) is 53.4 Å². The Morgan fingerprint density at radius 2 is 2.00 bits per heavy atom. The summed E-state index contributed by atoms with van der Waals surface area (Å²) in [4.78, 5) is 36.2. The molecular weight excluding hydrogens is 330 g/mol. The molecule has 1 amide bonds. The van der Waals surface area contributed by atoms with Gasteiger partial charge >= 0.3 is 11.9 Å². The molecule has 1 aliphatic carbocycles. The first-order valence-electron chi connectivity index (χ1n) is 8.30. The molecule has 1 heterocycles. The standard InChI is InChI=1S/C17H23NO5S/c1-2-22-16(20)8-5-9-18-15(19)10-23-17(21)13-11-24-14-7-4-3-6-12(13)14/h11H,2-10H2,1H3,(H,18,19). The molecule has 0 spiro atoms. The van der Waals surface area contributed by atoms with Crippen LogP contribution in [0.25, 0.3) is 0 Å². The molecule has 2 rings (SSSR count). The number of thiophene rings is 1. The summed E-state index contributed by atoms with van der Waals surface area (Å²) in [5.74, 6) is -1.08. The third kappa shape index (κ3) is 5.33. The summed E-state index contributed by atoms with van der Waals surface area (Å²) in [6, 6.07) is 0. The number of nitrogens with one attached hydrogen (secondary N) is 1. The normalized spacial score (nSPS) is 13.0. The van der Waals surface area contributed by atoms with Crippen molar-refractivity contribution in [2.75, 3.05) is 19.8 Å². The Morgan fingerprint density at radius 3 is 2.79 bits per heavy atom. The molecule has 0 saturated carbocycles. The third-order valence-electron chi connectivity index (χ3n) is 3.80. The largest absolute Gasteiger partial charge is 0.466 e. The van der Waals surface area contributed by atoms with Crippen LogP contribution in [0.4, 0.5) is 0 Å². The van der Waals surface area contributed by atoms with Gasteiger partial charge in [-0.25, -0.2) is 4.79 Å². The summed E-state index contributed by atoms with van der Waals surface area (Å²) in [5, 5.41) is 4.45. The molecule has 0 saturated heterocycles. The maximum atomic E-state index is 12.1. The Morgan fingerprint density at radius 1 is 1.21 bits per heavy atom. The molecular formula is C17H23NO5S. The summed E-state index contributed by atoms with van der Waals surface area (Å²) in [6.45, 7) is 2.15. The lowest BCUT2D eigenvalue weighted by atomic mass is 9.96. The predicted molar refractivity (Wildman–Crippen MR) is 90.1 cm³/mol. The number of carbonyl (C=O) groups is 3. The van der Waals surface area contributed by atoms with E-state index >= 15 is 0 Å². The van der Waals surface area contributed by atoms with Gasteiger partial charge in [-0.2, -0.15) is 0 Å². The average Bonchev–Trinajstić information content (AvgIpc) is 3.01. The van der Waals surface area contributed by atoms with E-state index in [1.807, 2.05) is 5.38 Å². The Labute approximate surface area is 145 Å². The molecule has 1 aliphatic rings. The van der Waals surface area contributed by atoms with E-state index in [9.17, 15) is 14.4 Å². The molecule has 0 unspecified atom stereocenters. The number of aryl methyl sites for hydroxylation is 1. The lowest BCUT2D eigenvalue weighted by Crippen LogP contribution is -2.30. The van der Waals surface area contributed by atoms with Crippen LogP contribution in [-0.4, -0.2) is 37.6 Å². The highest BCUT2D eigenvalue weighted by atomic mass is 32.1. The second-order valence-electron chi connectivity index (χ2n) is 5.59. The number of rotatable bonds is 8. The van der Waals surface area contributed by atoms with Gasteiger partial charge in [-0.15, -0.1) is 11.3 Å². The van der Waals surface area contributed by atoms with Gasteiger partial charge in [-0.3, -0.25) is 9.59 Å². The fraction of sp³-hybridized carbons (Fsp3) is 0.588. The van der Waals surface area contributed by atoms with Gasteiger partial charge in [0.2, 0.25) is 0 Å². The average molecular weight is 353 g/mol. The first-order chi connectivity index (χ1) is 11.6. The first-order valence-corrected chi connectivity index (χ1v) is 9.18. The van der Waals surface area contributed by atoms with Crippen LogP contribution in [0.15, 0.2) is 5.38 Å². The van der Waals surface area contributed by atoms with Crippen molar-refractivity contribution in [3.63, 3.8) is 0 Å². The van der Waals surface area contributed by atoms with Crippen LogP contribution in [-0.2, 0) is 31.9 Å². The molecule has 6 nitrogen and oxygen atoms in total. The van der Waals surface area contributed by atoms with Crippen LogP contribution in [0.3, 0.4) is 0 Å².